The molecule has 0 spiro atoms. The lowest BCUT2D eigenvalue weighted by atomic mass is 10.0. The van der Waals surface area contributed by atoms with Gasteiger partial charge in [0.05, 0.1) is 0 Å². The molecular formula is C16H26N4O3. The molecule has 1 aliphatic heterocycles. The van der Waals surface area contributed by atoms with Gasteiger partial charge in [0, 0.05) is 52.3 Å². The van der Waals surface area contributed by atoms with E-state index in [-0.39, 0.29) is 23.1 Å². The van der Waals surface area contributed by atoms with Crippen molar-refractivity contribution in [1.82, 2.24) is 14.0 Å². The van der Waals surface area contributed by atoms with Gasteiger partial charge >= 0.3 is 5.69 Å². The highest BCUT2D eigenvalue weighted by atomic mass is 16.2. The van der Waals surface area contributed by atoms with Crippen LogP contribution in [0.15, 0.2) is 15.7 Å². The summed E-state index contributed by atoms with van der Waals surface area (Å²) in [6, 6.07) is 1.49. The molecule has 7 heteroatoms. The fraction of sp³-hybridized carbons (Fsp3) is 0.688. The van der Waals surface area contributed by atoms with E-state index in [9.17, 15) is 14.4 Å². The summed E-state index contributed by atoms with van der Waals surface area (Å²) in [4.78, 5) is 40.2. The molecule has 1 amide bonds. The molecule has 2 rings (SSSR count). The van der Waals surface area contributed by atoms with E-state index in [0.717, 1.165) is 17.4 Å². The average molecular weight is 322 g/mol. The van der Waals surface area contributed by atoms with Gasteiger partial charge < -0.3 is 9.80 Å². The third-order valence-electron chi connectivity index (χ3n) is 4.75. The van der Waals surface area contributed by atoms with Gasteiger partial charge in [-0.15, -0.1) is 0 Å². The lowest BCUT2D eigenvalue weighted by Crippen LogP contribution is -2.52. The first-order valence-electron chi connectivity index (χ1n) is 8.21. The number of amides is 1. The van der Waals surface area contributed by atoms with E-state index in [1.807, 2.05) is 23.6 Å². The van der Waals surface area contributed by atoms with Crippen LogP contribution in [0.25, 0.3) is 0 Å². The first-order valence-corrected chi connectivity index (χ1v) is 8.21. The first kappa shape index (κ1) is 17.3. The van der Waals surface area contributed by atoms with Crippen molar-refractivity contribution in [2.24, 2.45) is 20.0 Å². The summed E-state index contributed by atoms with van der Waals surface area (Å²) in [6.07, 6.45) is 1.72. The van der Waals surface area contributed by atoms with E-state index < -0.39 is 0 Å². The van der Waals surface area contributed by atoms with Crippen molar-refractivity contribution >= 4 is 11.7 Å². The molecule has 0 aromatic carbocycles. The van der Waals surface area contributed by atoms with Crippen LogP contribution in [0.5, 0.6) is 0 Å². The minimum atomic E-state index is -0.331. The molecule has 0 N–H and O–H groups in total. The molecule has 1 aromatic heterocycles. The van der Waals surface area contributed by atoms with Crippen LogP contribution in [0.4, 0.5) is 5.82 Å². The van der Waals surface area contributed by atoms with Gasteiger partial charge in [-0.25, -0.2) is 4.79 Å². The zero-order valence-corrected chi connectivity index (χ0v) is 14.4. The van der Waals surface area contributed by atoms with Gasteiger partial charge in [-0.05, 0) is 12.8 Å². The van der Waals surface area contributed by atoms with Crippen molar-refractivity contribution in [3.8, 4) is 0 Å². The molecule has 1 aliphatic rings. The average Bonchev–Trinajstić information content (AvgIpc) is 2.57. The third-order valence-corrected chi connectivity index (χ3v) is 4.75. The molecule has 0 unspecified atom stereocenters. The van der Waals surface area contributed by atoms with Crippen LogP contribution in [-0.4, -0.2) is 46.1 Å². The molecule has 2 heterocycles. The van der Waals surface area contributed by atoms with Crippen molar-refractivity contribution in [3.05, 3.63) is 26.9 Å². The summed E-state index contributed by atoms with van der Waals surface area (Å²) in [6.45, 7) is 6.59. The molecule has 1 aromatic rings. The highest BCUT2D eigenvalue weighted by Gasteiger charge is 2.26. The number of carbonyl (C=O) groups is 1. The van der Waals surface area contributed by atoms with E-state index in [1.54, 1.807) is 7.05 Å². The molecule has 1 saturated heterocycles. The Balaban J connectivity index is 2.13. The Morgan fingerprint density at radius 1 is 1.04 bits per heavy atom. The molecule has 128 valence electrons. The van der Waals surface area contributed by atoms with E-state index in [1.165, 1.54) is 17.7 Å². The van der Waals surface area contributed by atoms with Crippen LogP contribution in [-0.2, 0) is 18.9 Å². The summed E-state index contributed by atoms with van der Waals surface area (Å²) < 4.78 is 2.58. The minimum absolute atomic E-state index is 0.0925. The smallest absolute Gasteiger partial charge is 0.332 e. The Kier molecular flexibility index (Phi) is 5.28. The topological polar surface area (TPSA) is 67.6 Å². The van der Waals surface area contributed by atoms with Gasteiger partial charge in [0.15, 0.2) is 0 Å². The molecule has 0 radical (unpaired) electrons. The molecule has 1 fully saturated rings. The van der Waals surface area contributed by atoms with Crippen molar-refractivity contribution in [3.63, 3.8) is 0 Å². The molecule has 23 heavy (non-hydrogen) atoms. The highest BCUT2D eigenvalue weighted by Crippen LogP contribution is 2.16. The number of aromatic nitrogens is 2. The summed E-state index contributed by atoms with van der Waals surface area (Å²) in [5.74, 6) is 0.926. The molecular weight excluding hydrogens is 296 g/mol. The molecule has 0 atom stereocenters. The van der Waals surface area contributed by atoms with E-state index >= 15 is 0 Å². The number of piperazine rings is 1. The Labute approximate surface area is 136 Å². The van der Waals surface area contributed by atoms with Crippen molar-refractivity contribution < 1.29 is 4.79 Å². The highest BCUT2D eigenvalue weighted by molar-refractivity contribution is 5.79. The minimum Gasteiger partial charge on any atom is -0.354 e. The summed E-state index contributed by atoms with van der Waals surface area (Å²) in [5, 5.41) is 0. The molecule has 0 bridgehead atoms. The SMILES string of the molecule is CCC(CC)C(=O)N1CCN(c2cc(=O)n(C)c(=O)n2C)CC1. The van der Waals surface area contributed by atoms with Gasteiger partial charge in [0.25, 0.3) is 5.56 Å². The predicted octanol–water partition coefficient (Wildman–Crippen LogP) is 0.169. The van der Waals surface area contributed by atoms with E-state index in [2.05, 4.69) is 0 Å². The van der Waals surface area contributed by atoms with Crippen LogP contribution in [0.3, 0.4) is 0 Å². The standard InChI is InChI=1S/C16H26N4O3/c1-5-12(6-2)15(22)20-9-7-19(8-10-20)13-11-14(21)18(4)16(23)17(13)3/h11-12H,5-10H2,1-4H3. The third kappa shape index (κ3) is 3.33. The second-order valence-corrected chi connectivity index (χ2v) is 6.07. The van der Waals surface area contributed by atoms with Crippen molar-refractivity contribution in [2.45, 2.75) is 26.7 Å². The van der Waals surface area contributed by atoms with Crippen molar-refractivity contribution in [1.29, 1.82) is 0 Å². The van der Waals surface area contributed by atoms with Crippen LogP contribution in [0, 0.1) is 5.92 Å². The van der Waals surface area contributed by atoms with Crippen LogP contribution in [0.2, 0.25) is 0 Å². The van der Waals surface area contributed by atoms with Gasteiger partial charge in [0.1, 0.15) is 5.82 Å². The lowest BCUT2D eigenvalue weighted by Gasteiger charge is -2.37. The van der Waals surface area contributed by atoms with E-state index in [4.69, 9.17) is 0 Å². The van der Waals surface area contributed by atoms with Crippen LogP contribution in [0.1, 0.15) is 26.7 Å². The maximum Gasteiger partial charge on any atom is 0.332 e. The Bertz CT molecular complexity index is 680. The second-order valence-electron chi connectivity index (χ2n) is 6.07. The Morgan fingerprint density at radius 3 is 2.13 bits per heavy atom. The Morgan fingerprint density at radius 2 is 1.61 bits per heavy atom. The first-order chi connectivity index (χ1) is 10.9. The fourth-order valence-electron chi connectivity index (χ4n) is 3.08. The zero-order valence-electron chi connectivity index (χ0n) is 14.4. The second kappa shape index (κ2) is 7.02. The van der Waals surface area contributed by atoms with E-state index in [0.29, 0.717) is 32.0 Å². The molecule has 0 aliphatic carbocycles. The lowest BCUT2D eigenvalue weighted by molar-refractivity contribution is -0.136. The van der Waals surface area contributed by atoms with Gasteiger partial charge in [-0.2, -0.15) is 0 Å². The summed E-state index contributed by atoms with van der Waals surface area (Å²) in [7, 11) is 3.14. The number of nitrogens with zero attached hydrogens (tertiary/aromatic N) is 4. The predicted molar refractivity (Wildman–Crippen MR) is 89.8 cm³/mol. The van der Waals surface area contributed by atoms with Crippen LogP contribution < -0.4 is 16.1 Å². The maximum absolute atomic E-state index is 12.4. The number of carbonyl (C=O) groups excluding carboxylic acids is 1. The molecule has 0 saturated carbocycles. The number of hydrogen-bond acceptors (Lipinski definition) is 4. The zero-order chi connectivity index (χ0) is 17.1. The van der Waals surface area contributed by atoms with Crippen LogP contribution >= 0.6 is 0 Å². The Hall–Kier alpha value is -2.05. The van der Waals surface area contributed by atoms with Gasteiger partial charge in [-0.1, -0.05) is 13.8 Å². The number of rotatable bonds is 4. The number of anilines is 1. The van der Waals surface area contributed by atoms with Gasteiger partial charge in [0.2, 0.25) is 5.91 Å². The fourth-order valence-corrected chi connectivity index (χ4v) is 3.08. The summed E-state index contributed by atoms with van der Waals surface area (Å²) in [5.41, 5.74) is -0.637. The maximum atomic E-state index is 12.4. The molecule has 7 nitrogen and oxygen atoms in total. The van der Waals surface area contributed by atoms with Gasteiger partial charge in [-0.3, -0.25) is 18.7 Å². The monoisotopic (exact) mass is 322 g/mol. The normalized spacial score (nSPS) is 15.3. The quantitative estimate of drug-likeness (QED) is 0.792. The van der Waals surface area contributed by atoms with Crippen molar-refractivity contribution in [2.75, 3.05) is 31.1 Å². The number of hydrogen-bond donors (Lipinski definition) is 0. The largest absolute Gasteiger partial charge is 0.354 e. The summed E-state index contributed by atoms with van der Waals surface area (Å²) >= 11 is 0.